The number of ether oxygens (including phenoxy) is 6. The minimum Gasteiger partial charge on any atom is -0.493 e. The first kappa shape index (κ1) is 29.3. The normalized spacial score (nSPS) is 14.1. The Balaban J connectivity index is 1.33. The molecule has 1 aliphatic heterocycles. The Hall–Kier alpha value is -3.24. The van der Waals surface area contributed by atoms with Crippen LogP contribution in [0.15, 0.2) is 24.3 Å². The molecule has 0 atom stereocenters. The van der Waals surface area contributed by atoms with E-state index in [2.05, 4.69) is 20.4 Å². The highest BCUT2D eigenvalue weighted by Crippen LogP contribution is 2.40. The van der Waals surface area contributed by atoms with E-state index in [-0.39, 0.29) is 0 Å². The van der Waals surface area contributed by atoms with Gasteiger partial charge in [0, 0.05) is 74.9 Å². The lowest BCUT2D eigenvalue weighted by molar-refractivity contribution is 0.132. The van der Waals surface area contributed by atoms with Gasteiger partial charge in [-0.05, 0) is 25.9 Å². The maximum absolute atomic E-state index is 5.44. The number of methoxy groups -OCH3 is 6. The highest BCUT2D eigenvalue weighted by atomic mass is 16.5. The number of nitrogens with one attached hydrogen (secondary N) is 2. The summed E-state index contributed by atoms with van der Waals surface area (Å²) in [7, 11) is 9.75. The van der Waals surface area contributed by atoms with Crippen LogP contribution in [0.4, 0.5) is 11.4 Å². The second-order valence-corrected chi connectivity index (χ2v) is 9.07. The Morgan fingerprint density at radius 1 is 0.526 bits per heavy atom. The molecular weight excluding hydrogens is 488 g/mol. The average Bonchev–Trinajstić information content (AvgIpc) is 2.96. The second-order valence-electron chi connectivity index (χ2n) is 9.07. The van der Waals surface area contributed by atoms with E-state index in [0.29, 0.717) is 34.5 Å². The first-order valence-electron chi connectivity index (χ1n) is 13.1. The van der Waals surface area contributed by atoms with E-state index in [1.807, 2.05) is 24.3 Å². The second kappa shape index (κ2) is 15.2. The lowest BCUT2D eigenvalue weighted by atomic mass is 10.2. The summed E-state index contributed by atoms with van der Waals surface area (Å²) >= 11 is 0. The van der Waals surface area contributed by atoms with E-state index in [1.54, 1.807) is 42.7 Å². The van der Waals surface area contributed by atoms with Gasteiger partial charge in [0.15, 0.2) is 23.0 Å². The molecule has 0 spiro atoms. The van der Waals surface area contributed by atoms with Crippen molar-refractivity contribution in [3.63, 3.8) is 0 Å². The van der Waals surface area contributed by atoms with Crippen LogP contribution in [0.5, 0.6) is 34.5 Å². The van der Waals surface area contributed by atoms with Crippen molar-refractivity contribution in [3.8, 4) is 34.5 Å². The number of hydrogen-bond acceptors (Lipinski definition) is 10. The quantitative estimate of drug-likeness (QED) is 0.313. The molecule has 0 aromatic heterocycles. The Labute approximate surface area is 227 Å². The van der Waals surface area contributed by atoms with Gasteiger partial charge in [-0.1, -0.05) is 0 Å². The predicted octanol–water partition coefficient (Wildman–Crippen LogP) is 3.66. The SMILES string of the molecule is COc1cc(NCCCN2CCN(CCCNc3cc(OC)c(OC)c(OC)c3)CC2)cc(OC)c1OC. The summed E-state index contributed by atoms with van der Waals surface area (Å²) in [6, 6.07) is 7.76. The van der Waals surface area contributed by atoms with Gasteiger partial charge in [-0.3, -0.25) is 0 Å². The molecule has 1 fully saturated rings. The first-order valence-corrected chi connectivity index (χ1v) is 13.1. The highest BCUT2D eigenvalue weighted by molar-refractivity contribution is 5.63. The van der Waals surface area contributed by atoms with Crippen LogP contribution in [0.2, 0.25) is 0 Å². The summed E-state index contributed by atoms with van der Waals surface area (Å²) in [4.78, 5) is 5.09. The molecular formula is C28H44N4O6. The third-order valence-corrected chi connectivity index (χ3v) is 6.75. The fourth-order valence-electron chi connectivity index (χ4n) is 4.67. The lowest BCUT2D eigenvalue weighted by Crippen LogP contribution is -2.47. The van der Waals surface area contributed by atoms with E-state index in [4.69, 9.17) is 28.4 Å². The maximum atomic E-state index is 5.44. The predicted molar refractivity (Wildman–Crippen MR) is 151 cm³/mol. The van der Waals surface area contributed by atoms with Crippen LogP contribution in [-0.2, 0) is 0 Å². The van der Waals surface area contributed by atoms with E-state index in [9.17, 15) is 0 Å². The Kier molecular flexibility index (Phi) is 11.8. The van der Waals surface area contributed by atoms with Crippen molar-refractivity contribution in [1.82, 2.24) is 9.80 Å². The summed E-state index contributed by atoms with van der Waals surface area (Å²) in [6.45, 7) is 8.32. The van der Waals surface area contributed by atoms with E-state index >= 15 is 0 Å². The Morgan fingerprint density at radius 3 is 1.11 bits per heavy atom. The van der Waals surface area contributed by atoms with Crippen molar-refractivity contribution in [3.05, 3.63) is 24.3 Å². The van der Waals surface area contributed by atoms with Crippen molar-refractivity contribution in [1.29, 1.82) is 0 Å². The Bertz CT molecular complexity index is 868. The van der Waals surface area contributed by atoms with Crippen molar-refractivity contribution in [2.45, 2.75) is 12.8 Å². The number of anilines is 2. The average molecular weight is 533 g/mol. The zero-order chi connectivity index (χ0) is 27.3. The molecule has 38 heavy (non-hydrogen) atoms. The maximum Gasteiger partial charge on any atom is 0.203 e. The van der Waals surface area contributed by atoms with Crippen molar-refractivity contribution in [2.75, 3.05) is 106 Å². The molecule has 212 valence electrons. The van der Waals surface area contributed by atoms with Crippen molar-refractivity contribution >= 4 is 11.4 Å². The third kappa shape index (κ3) is 7.88. The van der Waals surface area contributed by atoms with Crippen LogP contribution in [0.25, 0.3) is 0 Å². The molecule has 0 unspecified atom stereocenters. The van der Waals surface area contributed by atoms with E-state index in [1.165, 1.54) is 0 Å². The number of benzene rings is 2. The zero-order valence-corrected chi connectivity index (χ0v) is 23.7. The fraction of sp³-hybridized carbons (Fsp3) is 0.571. The van der Waals surface area contributed by atoms with Gasteiger partial charge in [-0.15, -0.1) is 0 Å². The van der Waals surface area contributed by atoms with Crippen LogP contribution < -0.4 is 39.1 Å². The molecule has 0 saturated carbocycles. The minimum absolute atomic E-state index is 0.607. The van der Waals surface area contributed by atoms with Crippen LogP contribution >= 0.6 is 0 Å². The number of hydrogen-bond donors (Lipinski definition) is 2. The molecule has 2 aromatic carbocycles. The largest absolute Gasteiger partial charge is 0.493 e. The topological polar surface area (TPSA) is 85.9 Å². The van der Waals surface area contributed by atoms with Crippen LogP contribution in [-0.4, -0.2) is 105 Å². The van der Waals surface area contributed by atoms with Gasteiger partial charge in [0.1, 0.15) is 0 Å². The van der Waals surface area contributed by atoms with Gasteiger partial charge in [0.2, 0.25) is 11.5 Å². The third-order valence-electron chi connectivity index (χ3n) is 6.75. The summed E-state index contributed by atoms with van der Waals surface area (Å²) in [5, 5.41) is 6.96. The number of rotatable bonds is 16. The highest BCUT2D eigenvalue weighted by Gasteiger charge is 2.17. The van der Waals surface area contributed by atoms with Gasteiger partial charge in [0.25, 0.3) is 0 Å². The molecule has 2 aromatic rings. The minimum atomic E-state index is 0.607. The molecule has 0 amide bonds. The monoisotopic (exact) mass is 532 g/mol. The molecule has 2 N–H and O–H groups in total. The number of piperazine rings is 1. The van der Waals surface area contributed by atoms with Crippen molar-refractivity contribution in [2.24, 2.45) is 0 Å². The summed E-state index contributed by atoms with van der Waals surface area (Å²) in [6.07, 6.45) is 2.13. The number of nitrogens with zero attached hydrogens (tertiary/aromatic N) is 2. The molecule has 10 heteroatoms. The van der Waals surface area contributed by atoms with Crippen LogP contribution in [0, 0.1) is 0 Å². The smallest absolute Gasteiger partial charge is 0.203 e. The molecule has 10 nitrogen and oxygen atoms in total. The summed E-state index contributed by atoms with van der Waals surface area (Å²) in [5.41, 5.74) is 1.92. The summed E-state index contributed by atoms with van der Waals surface area (Å²) < 4.78 is 32.6. The van der Waals surface area contributed by atoms with E-state index < -0.39 is 0 Å². The van der Waals surface area contributed by atoms with Gasteiger partial charge in [0.05, 0.1) is 42.7 Å². The molecule has 3 rings (SSSR count). The first-order chi connectivity index (χ1) is 18.6. The molecule has 1 aliphatic rings. The molecule has 1 saturated heterocycles. The molecule has 0 aliphatic carbocycles. The fourth-order valence-corrected chi connectivity index (χ4v) is 4.67. The van der Waals surface area contributed by atoms with Crippen molar-refractivity contribution < 1.29 is 28.4 Å². The summed E-state index contributed by atoms with van der Waals surface area (Å²) in [5.74, 6) is 3.84. The molecule has 0 bridgehead atoms. The molecule has 1 heterocycles. The van der Waals surface area contributed by atoms with Crippen LogP contribution in [0.3, 0.4) is 0 Å². The zero-order valence-electron chi connectivity index (χ0n) is 23.7. The van der Waals surface area contributed by atoms with Gasteiger partial charge >= 0.3 is 0 Å². The molecule has 0 radical (unpaired) electrons. The standard InChI is InChI=1S/C28H44N4O6/c1-33-23-17-21(18-24(34-2)27(23)37-5)29-9-7-11-31-13-15-32(16-14-31)12-8-10-30-22-19-25(35-3)28(38-6)26(20-22)36-4/h17-20,29-30H,7-16H2,1-6H3. The van der Waals surface area contributed by atoms with Crippen LogP contribution in [0.1, 0.15) is 12.8 Å². The Morgan fingerprint density at radius 2 is 0.842 bits per heavy atom. The van der Waals surface area contributed by atoms with Gasteiger partial charge in [-0.25, -0.2) is 0 Å². The lowest BCUT2D eigenvalue weighted by Gasteiger charge is -2.34. The van der Waals surface area contributed by atoms with Gasteiger partial charge in [-0.2, -0.15) is 0 Å². The van der Waals surface area contributed by atoms with E-state index in [0.717, 1.165) is 76.6 Å². The van der Waals surface area contributed by atoms with Gasteiger partial charge < -0.3 is 48.9 Å².